The lowest BCUT2D eigenvalue weighted by Gasteiger charge is -2.25. The van der Waals surface area contributed by atoms with Crippen LogP contribution >= 0.6 is 11.6 Å². The van der Waals surface area contributed by atoms with Gasteiger partial charge in [-0.15, -0.1) is 0 Å². The van der Waals surface area contributed by atoms with Gasteiger partial charge in [-0.05, 0) is 25.7 Å². The molecule has 3 N–H and O–H groups in total. The predicted molar refractivity (Wildman–Crippen MR) is 68.3 cm³/mol. The van der Waals surface area contributed by atoms with E-state index in [1.165, 1.54) is 6.26 Å². The molecule has 0 atom stereocenters. The van der Waals surface area contributed by atoms with Crippen LogP contribution < -0.4 is 5.73 Å². The Morgan fingerprint density at radius 1 is 1.33 bits per heavy atom. The number of nitrogens with one attached hydrogen (secondary N) is 1. The molecule has 0 saturated heterocycles. The monoisotopic (exact) mass is 266 g/mol. The molecule has 0 aromatic carbocycles. The van der Waals surface area contributed by atoms with Crippen LogP contribution in [0.5, 0.6) is 0 Å². The number of nitrogens with two attached hydrogens (primary N) is 1. The minimum Gasteiger partial charge on any atom is -0.443 e. The van der Waals surface area contributed by atoms with E-state index in [2.05, 4.69) is 15.2 Å². The van der Waals surface area contributed by atoms with Gasteiger partial charge in [0.1, 0.15) is 6.26 Å². The summed E-state index contributed by atoms with van der Waals surface area (Å²) in [6.45, 7) is 0. The van der Waals surface area contributed by atoms with Gasteiger partial charge in [-0.1, -0.05) is 11.6 Å². The first-order valence-electron chi connectivity index (χ1n) is 6.15. The molecule has 18 heavy (non-hydrogen) atoms. The Labute approximate surface area is 110 Å². The molecule has 5 nitrogen and oxygen atoms in total. The molecular weight excluding hydrogens is 252 g/mol. The Bertz CT molecular complexity index is 514. The Balaban J connectivity index is 1.86. The van der Waals surface area contributed by atoms with Crippen molar-refractivity contribution in [2.45, 2.75) is 37.6 Å². The minimum atomic E-state index is 0.328. The van der Waals surface area contributed by atoms with Gasteiger partial charge in [0.15, 0.2) is 5.69 Å². The summed E-state index contributed by atoms with van der Waals surface area (Å²) >= 11 is 6.36. The number of H-pyrrole nitrogens is 1. The number of nitrogens with zero attached hydrogens (tertiary/aromatic N) is 2. The van der Waals surface area contributed by atoms with Gasteiger partial charge in [0, 0.05) is 12.0 Å². The van der Waals surface area contributed by atoms with Gasteiger partial charge >= 0.3 is 0 Å². The summed E-state index contributed by atoms with van der Waals surface area (Å²) in [5.74, 6) is 0.864. The number of halogens is 1. The van der Waals surface area contributed by atoms with Crippen molar-refractivity contribution in [3.63, 3.8) is 0 Å². The van der Waals surface area contributed by atoms with Crippen molar-refractivity contribution in [2.24, 2.45) is 5.73 Å². The van der Waals surface area contributed by atoms with Crippen LogP contribution in [0.2, 0.25) is 5.02 Å². The highest BCUT2D eigenvalue weighted by molar-refractivity contribution is 6.33. The maximum atomic E-state index is 6.36. The average Bonchev–Trinajstić information content (AvgIpc) is 2.99. The first kappa shape index (κ1) is 11.7. The molecule has 2 aromatic heterocycles. The van der Waals surface area contributed by atoms with Crippen molar-refractivity contribution in [3.05, 3.63) is 23.2 Å². The third-order valence-corrected chi connectivity index (χ3v) is 3.93. The van der Waals surface area contributed by atoms with Crippen molar-refractivity contribution in [1.29, 1.82) is 0 Å². The number of oxazole rings is 1. The van der Waals surface area contributed by atoms with Gasteiger partial charge in [0.2, 0.25) is 5.89 Å². The zero-order valence-corrected chi connectivity index (χ0v) is 10.7. The fourth-order valence-electron chi connectivity index (χ4n) is 2.50. The van der Waals surface area contributed by atoms with Crippen LogP contribution in [0, 0.1) is 0 Å². The van der Waals surface area contributed by atoms with E-state index in [0.717, 1.165) is 31.4 Å². The highest BCUT2D eigenvalue weighted by atomic mass is 35.5. The number of hydrogen-bond donors (Lipinski definition) is 2. The number of hydrogen-bond acceptors (Lipinski definition) is 4. The van der Waals surface area contributed by atoms with Gasteiger partial charge in [-0.3, -0.25) is 5.10 Å². The van der Waals surface area contributed by atoms with Gasteiger partial charge in [0.25, 0.3) is 0 Å². The van der Waals surface area contributed by atoms with E-state index in [0.29, 0.717) is 28.6 Å². The standard InChI is InChI=1S/C12H15ClN4O/c13-9-10(7-1-3-8(14)4-2-7)16-17-11(9)12-15-5-6-18-12/h5-8H,1-4,14H2,(H,16,17). The predicted octanol–water partition coefficient (Wildman–Crippen LogP) is 2.70. The average molecular weight is 267 g/mol. The van der Waals surface area contributed by atoms with Crippen LogP contribution in [0.4, 0.5) is 0 Å². The summed E-state index contributed by atoms with van der Waals surface area (Å²) in [6.07, 6.45) is 7.27. The number of aromatic nitrogens is 3. The van der Waals surface area contributed by atoms with Gasteiger partial charge < -0.3 is 10.2 Å². The smallest absolute Gasteiger partial charge is 0.248 e. The summed E-state index contributed by atoms with van der Waals surface area (Å²) in [5.41, 5.74) is 7.48. The van der Waals surface area contributed by atoms with Crippen molar-refractivity contribution < 1.29 is 4.42 Å². The maximum absolute atomic E-state index is 6.36. The highest BCUT2D eigenvalue weighted by Gasteiger charge is 2.26. The third-order valence-electron chi connectivity index (χ3n) is 3.55. The first-order valence-corrected chi connectivity index (χ1v) is 6.52. The molecule has 96 valence electrons. The molecule has 0 bridgehead atoms. The minimum absolute atomic E-state index is 0.328. The van der Waals surface area contributed by atoms with E-state index in [4.69, 9.17) is 21.8 Å². The fourth-order valence-corrected chi connectivity index (χ4v) is 2.82. The third kappa shape index (κ3) is 2.04. The molecule has 0 amide bonds. The van der Waals surface area contributed by atoms with Crippen LogP contribution in [-0.4, -0.2) is 21.2 Å². The normalized spacial score (nSPS) is 24.3. The second-order valence-corrected chi connectivity index (χ2v) is 5.13. The lowest BCUT2D eigenvalue weighted by Crippen LogP contribution is -2.25. The molecule has 0 aliphatic heterocycles. The molecule has 1 aliphatic rings. The van der Waals surface area contributed by atoms with E-state index >= 15 is 0 Å². The van der Waals surface area contributed by atoms with Crippen molar-refractivity contribution in [2.75, 3.05) is 0 Å². The maximum Gasteiger partial charge on any atom is 0.248 e. The van der Waals surface area contributed by atoms with E-state index in [9.17, 15) is 0 Å². The lowest BCUT2D eigenvalue weighted by molar-refractivity contribution is 0.390. The van der Waals surface area contributed by atoms with Crippen LogP contribution in [0.3, 0.4) is 0 Å². The molecule has 1 saturated carbocycles. The fraction of sp³-hybridized carbons (Fsp3) is 0.500. The highest BCUT2D eigenvalue weighted by Crippen LogP contribution is 2.38. The Kier molecular flexibility index (Phi) is 3.09. The number of rotatable bonds is 2. The molecule has 1 fully saturated rings. The molecule has 2 aromatic rings. The van der Waals surface area contributed by atoms with Crippen molar-refractivity contribution >= 4 is 11.6 Å². The Morgan fingerprint density at radius 2 is 2.11 bits per heavy atom. The van der Waals surface area contributed by atoms with Crippen LogP contribution in [-0.2, 0) is 0 Å². The molecule has 2 heterocycles. The zero-order chi connectivity index (χ0) is 12.5. The molecule has 0 radical (unpaired) electrons. The van der Waals surface area contributed by atoms with E-state index in [1.807, 2.05) is 0 Å². The van der Waals surface area contributed by atoms with Gasteiger partial charge in [-0.25, -0.2) is 4.98 Å². The van der Waals surface area contributed by atoms with E-state index in [-0.39, 0.29) is 0 Å². The van der Waals surface area contributed by atoms with E-state index < -0.39 is 0 Å². The Morgan fingerprint density at radius 3 is 2.78 bits per heavy atom. The molecule has 0 unspecified atom stereocenters. The first-order chi connectivity index (χ1) is 8.75. The largest absolute Gasteiger partial charge is 0.443 e. The van der Waals surface area contributed by atoms with Crippen LogP contribution in [0.1, 0.15) is 37.3 Å². The summed E-state index contributed by atoms with van der Waals surface area (Å²) in [5, 5.41) is 7.86. The summed E-state index contributed by atoms with van der Waals surface area (Å²) in [4.78, 5) is 4.06. The van der Waals surface area contributed by atoms with Gasteiger partial charge in [0.05, 0.1) is 16.9 Å². The number of aromatic amines is 1. The van der Waals surface area contributed by atoms with Crippen LogP contribution in [0.15, 0.2) is 16.9 Å². The molecule has 3 rings (SSSR count). The van der Waals surface area contributed by atoms with Gasteiger partial charge in [-0.2, -0.15) is 5.10 Å². The zero-order valence-electron chi connectivity index (χ0n) is 9.90. The summed E-state index contributed by atoms with van der Waals surface area (Å²) in [6, 6.07) is 0.328. The van der Waals surface area contributed by atoms with Crippen molar-refractivity contribution in [3.8, 4) is 11.6 Å². The molecule has 0 spiro atoms. The quantitative estimate of drug-likeness (QED) is 0.876. The topological polar surface area (TPSA) is 80.7 Å². The van der Waals surface area contributed by atoms with Crippen LogP contribution in [0.25, 0.3) is 11.6 Å². The molecule has 6 heteroatoms. The SMILES string of the molecule is NC1CCC(c2[nH]nc(-c3ncco3)c2Cl)CC1. The summed E-state index contributed by atoms with van der Waals surface area (Å²) in [7, 11) is 0. The Hall–Kier alpha value is -1.33. The molecular formula is C12H15ClN4O. The molecule has 1 aliphatic carbocycles. The lowest BCUT2D eigenvalue weighted by atomic mass is 9.84. The summed E-state index contributed by atoms with van der Waals surface area (Å²) < 4.78 is 5.22. The van der Waals surface area contributed by atoms with E-state index in [1.54, 1.807) is 6.20 Å². The second-order valence-electron chi connectivity index (χ2n) is 4.75. The van der Waals surface area contributed by atoms with Crippen molar-refractivity contribution in [1.82, 2.24) is 15.2 Å². The second kappa shape index (κ2) is 4.74.